The van der Waals surface area contributed by atoms with Gasteiger partial charge in [-0.3, -0.25) is 0 Å². The van der Waals surface area contributed by atoms with E-state index in [0.717, 1.165) is 21.9 Å². The fourth-order valence-corrected chi connectivity index (χ4v) is 4.10. The lowest BCUT2D eigenvalue weighted by atomic mass is 9.90. The molecule has 5 rings (SSSR count). The van der Waals surface area contributed by atoms with Gasteiger partial charge in [0.25, 0.3) is 0 Å². The molecule has 0 saturated heterocycles. The van der Waals surface area contributed by atoms with Crippen molar-refractivity contribution < 1.29 is 0 Å². The van der Waals surface area contributed by atoms with Crippen LogP contribution in [0.4, 0.5) is 5.69 Å². The number of rotatable bonds is 1. The molecule has 0 spiro atoms. The van der Waals surface area contributed by atoms with E-state index in [1.165, 1.54) is 10.9 Å². The number of anilines is 1. The van der Waals surface area contributed by atoms with Crippen LogP contribution in [0.1, 0.15) is 11.5 Å². The summed E-state index contributed by atoms with van der Waals surface area (Å²) in [6.07, 6.45) is 10.8. The Balaban J connectivity index is 1.79. The largest absolute Gasteiger partial charge is 0.378 e. The first-order valence-corrected chi connectivity index (χ1v) is 8.21. The molecule has 23 heavy (non-hydrogen) atoms. The van der Waals surface area contributed by atoms with Gasteiger partial charge >= 0.3 is 0 Å². The van der Waals surface area contributed by atoms with Gasteiger partial charge < -0.3 is 9.88 Å². The van der Waals surface area contributed by atoms with Crippen LogP contribution < -0.4 is 5.32 Å². The fraction of sp³-hybridized carbons (Fsp3) is 0.100. The molecule has 0 amide bonds. The summed E-state index contributed by atoms with van der Waals surface area (Å²) in [5.41, 5.74) is 4.72. The number of benzene rings is 2. The van der Waals surface area contributed by atoms with E-state index in [9.17, 15) is 0 Å². The van der Waals surface area contributed by atoms with Crippen LogP contribution in [0.25, 0.3) is 16.6 Å². The maximum Gasteiger partial charge on any atom is 0.0720 e. The second kappa shape index (κ2) is 4.77. The summed E-state index contributed by atoms with van der Waals surface area (Å²) >= 11 is 6.64. The number of allylic oxidation sites excluding steroid dienone is 2. The van der Waals surface area contributed by atoms with E-state index in [0.29, 0.717) is 12.0 Å². The zero-order valence-electron chi connectivity index (χ0n) is 12.4. The Bertz CT molecular complexity index is 966. The lowest BCUT2D eigenvalue weighted by Gasteiger charge is -2.16. The third-order valence-corrected chi connectivity index (χ3v) is 5.08. The molecule has 1 aliphatic carbocycles. The molecule has 2 nitrogen and oxygen atoms in total. The normalized spacial score (nSPS) is 21.3. The number of nitrogens with zero attached hydrogens (tertiary/aromatic N) is 1. The third-order valence-electron chi connectivity index (χ3n) is 4.79. The number of fused-ring (bicyclic) bond motifs is 5. The highest BCUT2D eigenvalue weighted by Crippen LogP contribution is 2.46. The zero-order chi connectivity index (χ0) is 15.4. The van der Waals surface area contributed by atoms with Crippen LogP contribution >= 0.6 is 11.6 Å². The minimum absolute atomic E-state index is 0.330. The minimum Gasteiger partial charge on any atom is -0.378 e. The van der Waals surface area contributed by atoms with Crippen LogP contribution in [0.2, 0.25) is 5.02 Å². The van der Waals surface area contributed by atoms with E-state index >= 15 is 0 Å². The van der Waals surface area contributed by atoms with Crippen LogP contribution in [-0.2, 0) is 0 Å². The molecule has 0 radical (unpaired) electrons. The maximum absolute atomic E-state index is 6.64. The number of hydrogen-bond donors (Lipinski definition) is 1. The van der Waals surface area contributed by atoms with Crippen LogP contribution in [0.5, 0.6) is 0 Å². The van der Waals surface area contributed by atoms with Crippen molar-refractivity contribution in [2.45, 2.75) is 12.0 Å². The molecule has 2 aliphatic rings. The lowest BCUT2D eigenvalue weighted by Crippen LogP contribution is -2.17. The molecule has 3 heteroatoms. The maximum atomic E-state index is 6.64. The molecule has 3 aromatic rings. The van der Waals surface area contributed by atoms with Crippen molar-refractivity contribution in [3.8, 4) is 5.69 Å². The number of hydrogen-bond acceptors (Lipinski definition) is 1. The number of nitrogens with one attached hydrogen (secondary N) is 1. The van der Waals surface area contributed by atoms with E-state index in [4.69, 9.17) is 11.6 Å². The Morgan fingerprint density at radius 1 is 1.00 bits per heavy atom. The lowest BCUT2D eigenvalue weighted by molar-refractivity contribution is 0.809. The van der Waals surface area contributed by atoms with Crippen molar-refractivity contribution in [3.05, 3.63) is 83.6 Å². The van der Waals surface area contributed by atoms with Gasteiger partial charge in [-0.2, -0.15) is 0 Å². The Hall–Kier alpha value is -2.45. The molecular formula is C20H15ClN2. The predicted molar refractivity (Wildman–Crippen MR) is 96.7 cm³/mol. The molecule has 1 N–H and O–H groups in total. The predicted octanol–water partition coefficient (Wildman–Crippen LogP) is 5.29. The Labute approximate surface area is 139 Å². The molecule has 112 valence electrons. The summed E-state index contributed by atoms with van der Waals surface area (Å²) in [5, 5.41) is 5.60. The molecule has 2 unspecified atom stereocenters. The van der Waals surface area contributed by atoms with Crippen LogP contribution in [0, 0.1) is 0 Å². The topological polar surface area (TPSA) is 17.0 Å². The van der Waals surface area contributed by atoms with Crippen LogP contribution in [0.15, 0.2) is 73.0 Å². The van der Waals surface area contributed by atoms with Gasteiger partial charge in [0, 0.05) is 28.9 Å². The smallest absolute Gasteiger partial charge is 0.0720 e. The quantitative estimate of drug-likeness (QED) is 0.645. The molecule has 2 heterocycles. The molecule has 0 saturated carbocycles. The molecule has 0 fully saturated rings. The highest BCUT2D eigenvalue weighted by molar-refractivity contribution is 6.36. The monoisotopic (exact) mass is 318 g/mol. The number of aromatic nitrogens is 1. The van der Waals surface area contributed by atoms with E-state index < -0.39 is 0 Å². The second-order valence-corrected chi connectivity index (χ2v) is 6.48. The summed E-state index contributed by atoms with van der Waals surface area (Å²) < 4.78 is 2.17. The van der Waals surface area contributed by atoms with Crippen molar-refractivity contribution in [2.24, 2.45) is 0 Å². The van der Waals surface area contributed by atoms with Crippen LogP contribution in [-0.4, -0.2) is 10.6 Å². The van der Waals surface area contributed by atoms with Gasteiger partial charge in [0.05, 0.1) is 16.6 Å². The van der Waals surface area contributed by atoms with Gasteiger partial charge in [-0.1, -0.05) is 54.1 Å². The number of para-hydroxylation sites is 1. The van der Waals surface area contributed by atoms with E-state index in [1.54, 1.807) is 0 Å². The van der Waals surface area contributed by atoms with E-state index in [1.807, 2.05) is 6.07 Å². The van der Waals surface area contributed by atoms with E-state index in [2.05, 4.69) is 76.8 Å². The molecule has 2 aromatic carbocycles. The van der Waals surface area contributed by atoms with Gasteiger partial charge in [-0.25, -0.2) is 0 Å². The minimum atomic E-state index is 0.330. The van der Waals surface area contributed by atoms with Gasteiger partial charge in [0.2, 0.25) is 0 Å². The van der Waals surface area contributed by atoms with Gasteiger partial charge in [-0.15, -0.1) is 0 Å². The second-order valence-electron chi connectivity index (χ2n) is 6.07. The zero-order valence-corrected chi connectivity index (χ0v) is 13.2. The Morgan fingerprint density at radius 2 is 1.83 bits per heavy atom. The molecule has 1 aromatic heterocycles. The first-order chi connectivity index (χ1) is 11.3. The number of halogens is 1. The van der Waals surface area contributed by atoms with Crippen molar-refractivity contribution in [2.75, 3.05) is 5.32 Å². The molecular weight excluding hydrogens is 304 g/mol. The summed E-state index contributed by atoms with van der Waals surface area (Å²) in [5.74, 6) is 0.376. The first kappa shape index (κ1) is 13.0. The summed E-state index contributed by atoms with van der Waals surface area (Å²) in [4.78, 5) is 0. The summed E-state index contributed by atoms with van der Waals surface area (Å²) in [7, 11) is 0. The highest BCUT2D eigenvalue weighted by Gasteiger charge is 2.32. The standard InChI is InChI=1S/C20H15ClN2/c21-16-12-18-19(14-8-4-5-9-17(14)22-18)15-10-11-23(20(15)16)13-6-2-1-3-7-13/h1-12,14,17,22H. The average molecular weight is 319 g/mol. The molecule has 1 aliphatic heterocycles. The van der Waals surface area contributed by atoms with Gasteiger partial charge in [0.15, 0.2) is 0 Å². The molecule has 2 atom stereocenters. The average Bonchev–Trinajstić information content (AvgIpc) is 3.16. The SMILES string of the molecule is Clc1cc2c(c3ccn(-c4ccccc4)c13)C1C=CC=CC1N2. The van der Waals surface area contributed by atoms with Crippen molar-refractivity contribution in [1.82, 2.24) is 4.57 Å². The highest BCUT2D eigenvalue weighted by atomic mass is 35.5. The van der Waals surface area contributed by atoms with Crippen LogP contribution in [0.3, 0.4) is 0 Å². The fourth-order valence-electron chi connectivity index (χ4n) is 3.79. The van der Waals surface area contributed by atoms with Crippen molar-refractivity contribution in [1.29, 1.82) is 0 Å². The first-order valence-electron chi connectivity index (χ1n) is 7.83. The summed E-state index contributed by atoms with van der Waals surface area (Å²) in [6, 6.07) is 14.9. The van der Waals surface area contributed by atoms with Crippen molar-refractivity contribution >= 4 is 28.2 Å². The van der Waals surface area contributed by atoms with Crippen molar-refractivity contribution in [3.63, 3.8) is 0 Å². The Kier molecular flexibility index (Phi) is 2.70. The van der Waals surface area contributed by atoms with Gasteiger partial charge in [-0.05, 0) is 29.8 Å². The Morgan fingerprint density at radius 3 is 2.70 bits per heavy atom. The summed E-state index contributed by atoms with van der Waals surface area (Å²) in [6.45, 7) is 0. The third kappa shape index (κ3) is 1.82. The van der Waals surface area contributed by atoms with E-state index in [-0.39, 0.29) is 0 Å². The molecule has 0 bridgehead atoms. The van der Waals surface area contributed by atoms with Gasteiger partial charge in [0.1, 0.15) is 0 Å².